The third-order valence-electron chi connectivity index (χ3n) is 5.73. The zero-order valence-corrected chi connectivity index (χ0v) is 17.6. The number of Topliss-reactive ketones (excluding diaryl/α,β-unsaturated/α-hetero) is 1. The van der Waals surface area contributed by atoms with Crippen LogP contribution in [0.15, 0.2) is 72.8 Å². The molecule has 1 amide bonds. The molecule has 1 aliphatic carbocycles. The quantitative estimate of drug-likeness (QED) is 0.519. The second-order valence-corrected chi connectivity index (χ2v) is 7.80. The lowest BCUT2D eigenvalue weighted by Crippen LogP contribution is -2.31. The zero-order valence-electron chi connectivity index (χ0n) is 17.6. The molecule has 0 aromatic heterocycles. The first-order valence-electron chi connectivity index (χ1n) is 10.4. The minimum Gasteiger partial charge on any atom is -0.481 e. The van der Waals surface area contributed by atoms with Gasteiger partial charge >= 0.3 is 12.1 Å². The molecule has 4 rings (SSSR count). The van der Waals surface area contributed by atoms with Gasteiger partial charge in [0, 0.05) is 11.5 Å². The Morgan fingerprint density at radius 2 is 1.47 bits per heavy atom. The van der Waals surface area contributed by atoms with E-state index in [9.17, 15) is 19.5 Å². The highest BCUT2D eigenvalue weighted by molar-refractivity contribution is 5.94. The third kappa shape index (κ3) is 4.39. The van der Waals surface area contributed by atoms with Gasteiger partial charge in [0.15, 0.2) is 5.78 Å². The highest BCUT2D eigenvalue weighted by Gasteiger charge is 2.29. The first kappa shape index (κ1) is 21.3. The maximum atomic E-state index is 12.6. The highest BCUT2D eigenvalue weighted by atomic mass is 16.5. The maximum absolute atomic E-state index is 12.6. The summed E-state index contributed by atoms with van der Waals surface area (Å²) in [5, 5.41) is 11.9. The maximum Gasteiger partial charge on any atom is 0.407 e. The van der Waals surface area contributed by atoms with E-state index in [1.807, 2.05) is 36.4 Å². The summed E-state index contributed by atoms with van der Waals surface area (Å²) in [4.78, 5) is 35.4. The van der Waals surface area contributed by atoms with E-state index in [4.69, 9.17) is 4.74 Å². The predicted octanol–water partition coefficient (Wildman–Crippen LogP) is 4.94. The van der Waals surface area contributed by atoms with Crippen molar-refractivity contribution in [1.29, 1.82) is 0 Å². The van der Waals surface area contributed by atoms with E-state index in [0.29, 0.717) is 11.1 Å². The van der Waals surface area contributed by atoms with E-state index >= 15 is 0 Å². The molecule has 0 radical (unpaired) electrons. The van der Waals surface area contributed by atoms with Crippen LogP contribution in [0.3, 0.4) is 0 Å². The zero-order chi connectivity index (χ0) is 22.7. The van der Waals surface area contributed by atoms with E-state index < -0.39 is 18.1 Å². The lowest BCUT2D eigenvalue weighted by Gasteiger charge is -2.19. The Hall–Kier alpha value is -3.93. The number of rotatable bonds is 7. The Balaban J connectivity index is 1.47. The number of hydrogen-bond donors (Lipinski definition) is 2. The molecule has 162 valence electrons. The van der Waals surface area contributed by atoms with Gasteiger partial charge in [-0.05, 0) is 34.7 Å². The largest absolute Gasteiger partial charge is 0.481 e. The number of ether oxygens (including phenoxy) is 1. The standard InChI is InChI=1S/C26H23NO5/c1-16(28)17-10-12-18(13-11-17)24(14-25(29)30)27-26(31)32-15-23-21-8-4-2-6-19(21)20-7-3-5-9-22(20)23/h2-13,23-24H,14-15H2,1H3,(H,27,31)(H,29,30). The second-order valence-electron chi connectivity index (χ2n) is 7.80. The van der Waals surface area contributed by atoms with Gasteiger partial charge < -0.3 is 15.2 Å². The Bertz CT molecular complexity index is 1120. The van der Waals surface area contributed by atoms with Gasteiger partial charge in [0.2, 0.25) is 0 Å². The van der Waals surface area contributed by atoms with Crippen molar-refractivity contribution in [1.82, 2.24) is 5.32 Å². The smallest absolute Gasteiger partial charge is 0.407 e. The van der Waals surface area contributed by atoms with Crippen LogP contribution < -0.4 is 5.32 Å². The van der Waals surface area contributed by atoms with E-state index in [1.165, 1.54) is 6.92 Å². The molecule has 3 aromatic carbocycles. The van der Waals surface area contributed by atoms with Gasteiger partial charge in [0.25, 0.3) is 0 Å². The Morgan fingerprint density at radius 3 is 2.00 bits per heavy atom. The predicted molar refractivity (Wildman–Crippen MR) is 120 cm³/mol. The van der Waals surface area contributed by atoms with Gasteiger partial charge in [0.1, 0.15) is 6.61 Å². The molecule has 2 N–H and O–H groups in total. The average molecular weight is 429 g/mol. The molecule has 1 atom stereocenters. The number of amides is 1. The van der Waals surface area contributed by atoms with Crippen LogP contribution in [0.5, 0.6) is 0 Å². The van der Waals surface area contributed by atoms with Gasteiger partial charge in [-0.2, -0.15) is 0 Å². The fourth-order valence-electron chi connectivity index (χ4n) is 4.16. The number of fused-ring (bicyclic) bond motifs is 3. The second kappa shape index (κ2) is 9.06. The molecule has 0 aliphatic heterocycles. The van der Waals surface area contributed by atoms with Crippen LogP contribution in [0.4, 0.5) is 4.79 Å². The Labute approximate surface area is 185 Å². The number of alkyl carbamates (subject to hydrolysis) is 1. The fraction of sp³-hybridized carbons (Fsp3) is 0.192. The molecule has 1 aliphatic rings. The molecule has 6 heteroatoms. The van der Waals surface area contributed by atoms with Gasteiger partial charge in [-0.1, -0.05) is 72.8 Å². The van der Waals surface area contributed by atoms with Crippen LogP contribution in [0.1, 0.15) is 52.4 Å². The molecular weight excluding hydrogens is 406 g/mol. The fourth-order valence-corrected chi connectivity index (χ4v) is 4.16. The first-order chi connectivity index (χ1) is 15.4. The Morgan fingerprint density at radius 1 is 0.906 bits per heavy atom. The topological polar surface area (TPSA) is 92.7 Å². The first-order valence-corrected chi connectivity index (χ1v) is 10.4. The van der Waals surface area contributed by atoms with Crippen LogP contribution in [0.2, 0.25) is 0 Å². The normalized spacial score (nSPS) is 13.0. The molecule has 32 heavy (non-hydrogen) atoms. The van der Waals surface area contributed by atoms with Crippen molar-refractivity contribution >= 4 is 17.8 Å². The summed E-state index contributed by atoms with van der Waals surface area (Å²) in [7, 11) is 0. The van der Waals surface area contributed by atoms with E-state index in [1.54, 1.807) is 24.3 Å². The molecule has 1 unspecified atom stereocenters. The van der Waals surface area contributed by atoms with Crippen LogP contribution in [0.25, 0.3) is 11.1 Å². The number of hydrogen-bond acceptors (Lipinski definition) is 4. The number of benzene rings is 3. The SMILES string of the molecule is CC(=O)c1ccc(C(CC(=O)O)NC(=O)OCC2c3ccccc3-c3ccccc32)cc1. The number of nitrogens with one attached hydrogen (secondary N) is 1. The summed E-state index contributed by atoms with van der Waals surface area (Å²) in [6.45, 7) is 1.60. The molecule has 0 heterocycles. The van der Waals surface area contributed by atoms with Crippen molar-refractivity contribution in [2.75, 3.05) is 6.61 Å². The highest BCUT2D eigenvalue weighted by Crippen LogP contribution is 2.44. The minimum absolute atomic E-state index is 0.0825. The third-order valence-corrected chi connectivity index (χ3v) is 5.73. The monoisotopic (exact) mass is 429 g/mol. The van der Waals surface area contributed by atoms with Crippen molar-refractivity contribution in [3.8, 4) is 11.1 Å². The lowest BCUT2D eigenvalue weighted by atomic mass is 9.98. The van der Waals surface area contributed by atoms with Crippen molar-refractivity contribution in [3.05, 3.63) is 95.1 Å². The number of carboxylic acid groups (broad SMARTS) is 1. The van der Waals surface area contributed by atoms with Gasteiger partial charge in [-0.3, -0.25) is 9.59 Å². The average Bonchev–Trinajstić information content (AvgIpc) is 3.11. The minimum atomic E-state index is -1.05. The summed E-state index contributed by atoms with van der Waals surface area (Å²) in [5.74, 6) is -1.22. The van der Waals surface area contributed by atoms with Crippen LogP contribution in [0, 0.1) is 0 Å². The molecule has 0 spiro atoms. The lowest BCUT2D eigenvalue weighted by molar-refractivity contribution is -0.137. The summed E-state index contributed by atoms with van der Waals surface area (Å²) in [6.07, 6.45) is -0.988. The molecule has 0 saturated heterocycles. The molecule has 0 fully saturated rings. The van der Waals surface area contributed by atoms with Crippen molar-refractivity contribution in [2.24, 2.45) is 0 Å². The summed E-state index contributed by atoms with van der Waals surface area (Å²) in [5.41, 5.74) is 5.57. The van der Waals surface area contributed by atoms with Crippen molar-refractivity contribution in [3.63, 3.8) is 0 Å². The molecule has 0 saturated carbocycles. The number of ketones is 1. The van der Waals surface area contributed by atoms with Crippen LogP contribution in [-0.4, -0.2) is 29.6 Å². The van der Waals surface area contributed by atoms with Crippen molar-refractivity contribution in [2.45, 2.75) is 25.3 Å². The number of carbonyl (C=O) groups excluding carboxylic acids is 2. The van der Waals surface area contributed by atoms with E-state index in [0.717, 1.165) is 22.3 Å². The summed E-state index contributed by atoms with van der Waals surface area (Å²) < 4.78 is 5.54. The number of carbonyl (C=O) groups is 3. The van der Waals surface area contributed by atoms with Crippen molar-refractivity contribution < 1.29 is 24.2 Å². The molecule has 3 aromatic rings. The molecule has 6 nitrogen and oxygen atoms in total. The van der Waals surface area contributed by atoms with Gasteiger partial charge in [-0.15, -0.1) is 0 Å². The summed E-state index contributed by atoms with van der Waals surface area (Å²) >= 11 is 0. The molecule has 0 bridgehead atoms. The van der Waals surface area contributed by atoms with E-state index in [2.05, 4.69) is 17.4 Å². The van der Waals surface area contributed by atoms with Gasteiger partial charge in [0.05, 0.1) is 12.5 Å². The van der Waals surface area contributed by atoms with Crippen LogP contribution in [-0.2, 0) is 9.53 Å². The van der Waals surface area contributed by atoms with E-state index in [-0.39, 0.29) is 24.7 Å². The Kier molecular flexibility index (Phi) is 6.03. The number of aliphatic carboxylic acids is 1. The number of carboxylic acids is 1. The van der Waals surface area contributed by atoms with Crippen LogP contribution >= 0.6 is 0 Å². The van der Waals surface area contributed by atoms with Gasteiger partial charge in [-0.25, -0.2) is 4.79 Å². The molecular formula is C26H23NO5. The summed E-state index contributed by atoms with van der Waals surface area (Å²) in [6, 6.07) is 21.8.